The van der Waals surface area contributed by atoms with Crippen molar-refractivity contribution in [3.05, 3.63) is 35.4 Å². The van der Waals surface area contributed by atoms with E-state index in [1.807, 2.05) is 0 Å². The molecule has 0 amide bonds. The van der Waals surface area contributed by atoms with E-state index in [-0.39, 0.29) is 0 Å². The second kappa shape index (κ2) is 7.98. The van der Waals surface area contributed by atoms with Gasteiger partial charge in [-0.25, -0.2) is 0 Å². The zero-order valence-corrected chi connectivity index (χ0v) is 14.4. The Labute approximate surface area is 131 Å². The summed E-state index contributed by atoms with van der Waals surface area (Å²) in [5.74, 6) is 2.34. The van der Waals surface area contributed by atoms with E-state index in [9.17, 15) is 0 Å². The van der Waals surface area contributed by atoms with Gasteiger partial charge >= 0.3 is 0 Å². The summed E-state index contributed by atoms with van der Waals surface area (Å²) in [5, 5.41) is 3.79. The normalized spacial score (nSPS) is 26.2. The van der Waals surface area contributed by atoms with Crippen LogP contribution < -0.4 is 5.32 Å². The lowest BCUT2D eigenvalue weighted by molar-refractivity contribution is 0.212. The molecule has 1 aliphatic carbocycles. The average molecular weight is 287 g/mol. The average Bonchev–Trinajstić information content (AvgIpc) is 2.47. The molecular weight excluding hydrogens is 254 g/mol. The van der Waals surface area contributed by atoms with Gasteiger partial charge in [-0.05, 0) is 67.5 Å². The lowest BCUT2D eigenvalue weighted by Gasteiger charge is -2.36. The van der Waals surface area contributed by atoms with E-state index in [2.05, 4.69) is 57.3 Å². The van der Waals surface area contributed by atoms with Crippen molar-refractivity contribution in [3.63, 3.8) is 0 Å². The highest BCUT2D eigenvalue weighted by Crippen LogP contribution is 2.31. The zero-order valence-electron chi connectivity index (χ0n) is 14.4. The molecule has 1 nitrogen and oxygen atoms in total. The Kier molecular flexibility index (Phi) is 6.29. The molecule has 118 valence electrons. The number of benzene rings is 1. The summed E-state index contributed by atoms with van der Waals surface area (Å²) in [7, 11) is 0. The van der Waals surface area contributed by atoms with Gasteiger partial charge in [0.25, 0.3) is 0 Å². The molecule has 0 bridgehead atoms. The molecule has 0 heterocycles. The summed E-state index contributed by atoms with van der Waals surface area (Å²) in [5.41, 5.74) is 2.97. The maximum absolute atomic E-state index is 3.79. The molecule has 1 fully saturated rings. The molecule has 1 aromatic carbocycles. The van der Waals surface area contributed by atoms with Crippen molar-refractivity contribution < 1.29 is 0 Å². The van der Waals surface area contributed by atoms with E-state index < -0.39 is 0 Å². The smallest absolute Gasteiger partial charge is 0.00986 e. The number of rotatable bonds is 6. The van der Waals surface area contributed by atoms with E-state index in [1.54, 1.807) is 0 Å². The second-order valence-electron chi connectivity index (χ2n) is 7.34. The fraction of sp³-hybridized carbons (Fsp3) is 0.700. The minimum atomic E-state index is 0.632. The van der Waals surface area contributed by atoms with Crippen LogP contribution in [0.4, 0.5) is 0 Å². The van der Waals surface area contributed by atoms with E-state index in [4.69, 9.17) is 0 Å². The molecule has 0 radical (unpaired) electrons. The van der Waals surface area contributed by atoms with Crippen LogP contribution in [0, 0.1) is 11.8 Å². The molecule has 1 heteroatoms. The monoisotopic (exact) mass is 287 g/mol. The molecule has 3 atom stereocenters. The van der Waals surface area contributed by atoms with Crippen molar-refractivity contribution in [1.29, 1.82) is 0 Å². The fourth-order valence-electron chi connectivity index (χ4n) is 3.66. The first-order valence-electron chi connectivity index (χ1n) is 8.92. The molecule has 0 aliphatic heterocycles. The molecule has 0 saturated heterocycles. The Morgan fingerprint density at radius 3 is 2.48 bits per heavy atom. The third kappa shape index (κ3) is 4.85. The summed E-state index contributed by atoms with van der Waals surface area (Å²) in [6.07, 6.45) is 6.61. The predicted molar refractivity (Wildman–Crippen MR) is 92.8 cm³/mol. The van der Waals surface area contributed by atoms with Crippen LogP contribution in [0.1, 0.15) is 70.4 Å². The topological polar surface area (TPSA) is 12.0 Å². The Bertz CT molecular complexity index is 404. The van der Waals surface area contributed by atoms with E-state index >= 15 is 0 Å². The van der Waals surface area contributed by atoms with Gasteiger partial charge in [0.05, 0.1) is 0 Å². The standard InChI is InChI=1S/C20H33N/c1-5-12-21-20-11-6-16(4)13-19(20)14-17-7-9-18(10-8-17)15(2)3/h7-10,15-16,19-21H,5-6,11-14H2,1-4H3. The summed E-state index contributed by atoms with van der Waals surface area (Å²) in [6.45, 7) is 10.4. The van der Waals surface area contributed by atoms with E-state index in [0.717, 1.165) is 17.9 Å². The van der Waals surface area contributed by atoms with Gasteiger partial charge in [-0.15, -0.1) is 0 Å². The Balaban J connectivity index is 1.99. The zero-order chi connectivity index (χ0) is 15.2. The minimum absolute atomic E-state index is 0.632. The Morgan fingerprint density at radius 1 is 1.14 bits per heavy atom. The van der Waals surface area contributed by atoms with Crippen molar-refractivity contribution in [2.45, 2.75) is 71.8 Å². The van der Waals surface area contributed by atoms with Crippen molar-refractivity contribution in [2.24, 2.45) is 11.8 Å². The van der Waals surface area contributed by atoms with Crippen LogP contribution in [-0.2, 0) is 6.42 Å². The van der Waals surface area contributed by atoms with Gasteiger partial charge in [-0.2, -0.15) is 0 Å². The molecule has 21 heavy (non-hydrogen) atoms. The van der Waals surface area contributed by atoms with Crippen molar-refractivity contribution in [3.8, 4) is 0 Å². The van der Waals surface area contributed by atoms with Crippen LogP contribution in [0.5, 0.6) is 0 Å². The SMILES string of the molecule is CCCNC1CCC(C)CC1Cc1ccc(C(C)C)cc1. The summed E-state index contributed by atoms with van der Waals surface area (Å²) in [6, 6.07) is 10.1. The number of hydrogen-bond acceptors (Lipinski definition) is 1. The fourth-order valence-corrected chi connectivity index (χ4v) is 3.66. The first kappa shape index (κ1) is 16.5. The lowest BCUT2D eigenvalue weighted by Crippen LogP contribution is -2.41. The van der Waals surface area contributed by atoms with Gasteiger partial charge in [0.1, 0.15) is 0 Å². The van der Waals surface area contributed by atoms with Gasteiger partial charge in [0.2, 0.25) is 0 Å². The highest BCUT2D eigenvalue weighted by molar-refractivity contribution is 5.25. The van der Waals surface area contributed by atoms with Gasteiger partial charge < -0.3 is 5.32 Å². The van der Waals surface area contributed by atoms with Crippen LogP contribution in [0.25, 0.3) is 0 Å². The molecule has 0 aromatic heterocycles. The predicted octanol–water partition coefficient (Wildman–Crippen LogP) is 5.16. The van der Waals surface area contributed by atoms with Crippen LogP contribution >= 0.6 is 0 Å². The molecule has 1 aliphatic rings. The van der Waals surface area contributed by atoms with Crippen molar-refractivity contribution in [1.82, 2.24) is 5.32 Å². The molecule has 3 unspecified atom stereocenters. The first-order valence-corrected chi connectivity index (χ1v) is 8.92. The number of hydrogen-bond donors (Lipinski definition) is 1. The molecule has 2 rings (SSSR count). The molecular formula is C20H33N. The third-order valence-electron chi connectivity index (χ3n) is 5.05. The second-order valence-corrected chi connectivity index (χ2v) is 7.34. The maximum atomic E-state index is 3.79. The third-order valence-corrected chi connectivity index (χ3v) is 5.05. The van der Waals surface area contributed by atoms with Gasteiger partial charge in [0, 0.05) is 6.04 Å². The highest BCUT2D eigenvalue weighted by Gasteiger charge is 2.28. The van der Waals surface area contributed by atoms with Crippen LogP contribution in [0.15, 0.2) is 24.3 Å². The van der Waals surface area contributed by atoms with E-state index in [0.29, 0.717) is 5.92 Å². The van der Waals surface area contributed by atoms with E-state index in [1.165, 1.54) is 49.8 Å². The molecule has 1 saturated carbocycles. The quantitative estimate of drug-likeness (QED) is 0.762. The van der Waals surface area contributed by atoms with Gasteiger partial charge in [-0.1, -0.05) is 52.0 Å². The maximum Gasteiger partial charge on any atom is 0.00986 e. The molecule has 1 N–H and O–H groups in total. The van der Waals surface area contributed by atoms with Gasteiger partial charge in [0.15, 0.2) is 0 Å². The van der Waals surface area contributed by atoms with Crippen molar-refractivity contribution in [2.75, 3.05) is 6.54 Å². The van der Waals surface area contributed by atoms with Crippen LogP contribution in [0.2, 0.25) is 0 Å². The van der Waals surface area contributed by atoms with Crippen molar-refractivity contribution >= 4 is 0 Å². The van der Waals surface area contributed by atoms with Gasteiger partial charge in [-0.3, -0.25) is 0 Å². The number of nitrogens with one attached hydrogen (secondary N) is 1. The Morgan fingerprint density at radius 2 is 1.86 bits per heavy atom. The highest BCUT2D eigenvalue weighted by atomic mass is 14.9. The summed E-state index contributed by atoms with van der Waals surface area (Å²) in [4.78, 5) is 0. The first-order chi connectivity index (χ1) is 10.1. The van der Waals surface area contributed by atoms with Crippen LogP contribution in [-0.4, -0.2) is 12.6 Å². The molecule has 1 aromatic rings. The largest absolute Gasteiger partial charge is 0.314 e. The van der Waals surface area contributed by atoms with Crippen LogP contribution in [0.3, 0.4) is 0 Å². The molecule has 0 spiro atoms. The summed E-state index contributed by atoms with van der Waals surface area (Å²) < 4.78 is 0. The summed E-state index contributed by atoms with van der Waals surface area (Å²) >= 11 is 0. The minimum Gasteiger partial charge on any atom is -0.314 e. The lowest BCUT2D eigenvalue weighted by atomic mass is 9.76. The Hall–Kier alpha value is -0.820.